The molecule has 0 spiro atoms. The second kappa shape index (κ2) is 8.57. The number of hydrogen-bond donors (Lipinski definition) is 1. The Hall–Kier alpha value is -3.00. The Labute approximate surface area is 170 Å². The maximum absolute atomic E-state index is 13.2. The maximum Gasteiger partial charge on any atom is 0.256 e. The van der Waals surface area contributed by atoms with Gasteiger partial charge in [0.1, 0.15) is 17.1 Å². The van der Waals surface area contributed by atoms with E-state index in [1.165, 1.54) is 4.80 Å². The highest BCUT2D eigenvalue weighted by Crippen LogP contribution is 2.27. The van der Waals surface area contributed by atoms with E-state index in [-0.39, 0.29) is 5.91 Å². The van der Waals surface area contributed by atoms with E-state index < -0.39 is 5.60 Å². The zero-order valence-electron chi connectivity index (χ0n) is 17.3. The molecule has 8 nitrogen and oxygen atoms in total. The number of aryl methyl sites for hydroxylation is 1. The zero-order chi connectivity index (χ0) is 21.0. The Morgan fingerprint density at radius 3 is 2.59 bits per heavy atom. The molecule has 1 N–H and O–H groups in total. The minimum absolute atomic E-state index is 0.107. The number of carbonyl (C=O) groups is 1. The summed E-state index contributed by atoms with van der Waals surface area (Å²) in [5, 5.41) is 18.7. The van der Waals surface area contributed by atoms with Gasteiger partial charge in [0.25, 0.3) is 5.91 Å². The average molecular weight is 397 g/mol. The number of benzene rings is 1. The van der Waals surface area contributed by atoms with Gasteiger partial charge in [-0.3, -0.25) is 4.79 Å². The highest BCUT2D eigenvalue weighted by molar-refractivity contribution is 5.97. The van der Waals surface area contributed by atoms with E-state index in [0.29, 0.717) is 54.5 Å². The largest absolute Gasteiger partial charge is 0.446 e. The lowest BCUT2D eigenvalue weighted by Gasteiger charge is -2.21. The number of aromatic nitrogens is 4. The fraction of sp³-hybridized carbons (Fsp3) is 0.429. The first-order valence-electron chi connectivity index (χ1n) is 9.81. The number of amides is 1. The summed E-state index contributed by atoms with van der Waals surface area (Å²) >= 11 is 0. The Bertz CT molecular complexity index is 963. The van der Waals surface area contributed by atoms with E-state index in [1.807, 2.05) is 32.0 Å². The molecular formula is C21H27N5O3. The van der Waals surface area contributed by atoms with Gasteiger partial charge in [-0.15, -0.1) is 0 Å². The van der Waals surface area contributed by atoms with Crippen molar-refractivity contribution in [2.75, 3.05) is 13.1 Å². The van der Waals surface area contributed by atoms with Gasteiger partial charge in [0.05, 0.1) is 23.6 Å². The standard InChI is InChI=1S/C21H27N5O3/c1-5-21(4,28)19-15(3)29-18(24-19)11-14-25(6-2)20(27)16-9-7-8-10-17(16)26-22-12-13-23-26/h7-10,12-13,28H,5-6,11,14H2,1-4H3. The Morgan fingerprint density at radius 1 is 1.24 bits per heavy atom. The summed E-state index contributed by atoms with van der Waals surface area (Å²) < 4.78 is 5.73. The molecule has 0 radical (unpaired) electrons. The molecule has 1 amide bonds. The molecule has 0 aliphatic rings. The van der Waals surface area contributed by atoms with Crippen molar-refractivity contribution < 1.29 is 14.3 Å². The molecule has 0 aliphatic carbocycles. The predicted molar refractivity (Wildman–Crippen MR) is 108 cm³/mol. The van der Waals surface area contributed by atoms with Crippen molar-refractivity contribution in [3.8, 4) is 5.69 Å². The topological polar surface area (TPSA) is 97.3 Å². The molecule has 1 atom stereocenters. The molecule has 29 heavy (non-hydrogen) atoms. The SMILES string of the molecule is CCN(CCc1nc(C(C)(O)CC)c(C)o1)C(=O)c1ccccc1-n1nccn1. The third-order valence-electron chi connectivity index (χ3n) is 5.07. The van der Waals surface area contributed by atoms with Crippen molar-refractivity contribution in [2.24, 2.45) is 0 Å². The molecule has 3 rings (SSSR count). The summed E-state index contributed by atoms with van der Waals surface area (Å²) in [6.45, 7) is 8.34. The van der Waals surface area contributed by atoms with E-state index >= 15 is 0 Å². The molecule has 2 aromatic heterocycles. The van der Waals surface area contributed by atoms with Crippen LogP contribution in [0, 0.1) is 6.92 Å². The van der Waals surface area contributed by atoms with Gasteiger partial charge in [0, 0.05) is 19.5 Å². The third kappa shape index (κ3) is 4.37. The van der Waals surface area contributed by atoms with Crippen LogP contribution in [-0.4, -0.2) is 49.0 Å². The van der Waals surface area contributed by atoms with Gasteiger partial charge in [0.15, 0.2) is 5.89 Å². The van der Waals surface area contributed by atoms with Crippen LogP contribution < -0.4 is 0 Å². The number of para-hydroxylation sites is 1. The summed E-state index contributed by atoms with van der Waals surface area (Å²) in [7, 11) is 0. The molecular weight excluding hydrogens is 370 g/mol. The van der Waals surface area contributed by atoms with Crippen LogP contribution in [0.25, 0.3) is 5.69 Å². The Kier molecular flexibility index (Phi) is 6.12. The van der Waals surface area contributed by atoms with Crippen molar-refractivity contribution in [1.82, 2.24) is 24.9 Å². The van der Waals surface area contributed by atoms with Crippen molar-refractivity contribution in [1.29, 1.82) is 0 Å². The summed E-state index contributed by atoms with van der Waals surface area (Å²) in [5.74, 6) is 1.01. The molecule has 8 heteroatoms. The number of carbonyl (C=O) groups excluding carboxylic acids is 1. The van der Waals surface area contributed by atoms with Crippen LogP contribution in [0.1, 0.15) is 54.9 Å². The Balaban J connectivity index is 1.77. The van der Waals surface area contributed by atoms with Gasteiger partial charge < -0.3 is 14.4 Å². The fourth-order valence-corrected chi connectivity index (χ4v) is 3.20. The van der Waals surface area contributed by atoms with E-state index in [2.05, 4.69) is 15.2 Å². The van der Waals surface area contributed by atoms with Crippen LogP contribution in [-0.2, 0) is 12.0 Å². The van der Waals surface area contributed by atoms with Crippen LogP contribution in [0.3, 0.4) is 0 Å². The molecule has 1 aromatic carbocycles. The number of nitrogens with zero attached hydrogens (tertiary/aromatic N) is 5. The number of hydrogen-bond acceptors (Lipinski definition) is 6. The molecule has 0 fully saturated rings. The van der Waals surface area contributed by atoms with Gasteiger partial charge in [-0.1, -0.05) is 19.1 Å². The molecule has 1 unspecified atom stereocenters. The molecule has 0 saturated heterocycles. The van der Waals surface area contributed by atoms with Crippen molar-refractivity contribution >= 4 is 5.91 Å². The van der Waals surface area contributed by atoms with Crippen LogP contribution in [0.15, 0.2) is 41.1 Å². The first-order valence-corrected chi connectivity index (χ1v) is 9.81. The molecule has 2 heterocycles. The fourth-order valence-electron chi connectivity index (χ4n) is 3.20. The number of oxazole rings is 1. The first kappa shape index (κ1) is 20.7. The normalized spacial score (nSPS) is 13.3. The van der Waals surface area contributed by atoms with E-state index in [9.17, 15) is 9.90 Å². The monoisotopic (exact) mass is 397 g/mol. The molecule has 3 aromatic rings. The Morgan fingerprint density at radius 2 is 1.93 bits per heavy atom. The molecule has 0 bridgehead atoms. The maximum atomic E-state index is 13.2. The summed E-state index contributed by atoms with van der Waals surface area (Å²) in [4.78, 5) is 20.8. The second-order valence-corrected chi connectivity index (χ2v) is 7.11. The van der Waals surface area contributed by atoms with E-state index in [4.69, 9.17) is 4.42 Å². The van der Waals surface area contributed by atoms with E-state index in [1.54, 1.807) is 37.2 Å². The smallest absolute Gasteiger partial charge is 0.256 e. The lowest BCUT2D eigenvalue weighted by atomic mass is 9.98. The van der Waals surface area contributed by atoms with Crippen LogP contribution >= 0.6 is 0 Å². The van der Waals surface area contributed by atoms with Crippen molar-refractivity contribution in [2.45, 2.75) is 46.1 Å². The van der Waals surface area contributed by atoms with Gasteiger partial charge >= 0.3 is 0 Å². The van der Waals surface area contributed by atoms with Crippen LogP contribution in [0.4, 0.5) is 0 Å². The lowest BCUT2D eigenvalue weighted by Crippen LogP contribution is -2.33. The van der Waals surface area contributed by atoms with Crippen molar-refractivity contribution in [3.63, 3.8) is 0 Å². The highest BCUT2D eigenvalue weighted by Gasteiger charge is 2.28. The van der Waals surface area contributed by atoms with Gasteiger partial charge in [-0.2, -0.15) is 15.0 Å². The summed E-state index contributed by atoms with van der Waals surface area (Å²) in [5.41, 5.74) is 0.694. The van der Waals surface area contributed by atoms with Crippen LogP contribution in [0.2, 0.25) is 0 Å². The predicted octanol–water partition coefficient (Wildman–Crippen LogP) is 2.89. The first-order chi connectivity index (χ1) is 13.9. The lowest BCUT2D eigenvalue weighted by molar-refractivity contribution is 0.0475. The number of aliphatic hydroxyl groups is 1. The summed E-state index contributed by atoms with van der Waals surface area (Å²) in [6.07, 6.45) is 4.15. The zero-order valence-corrected chi connectivity index (χ0v) is 17.3. The number of likely N-dealkylation sites (N-methyl/N-ethyl adjacent to an activating group) is 1. The van der Waals surface area contributed by atoms with Gasteiger partial charge in [0.2, 0.25) is 0 Å². The molecule has 154 valence electrons. The molecule has 0 aliphatic heterocycles. The van der Waals surface area contributed by atoms with Gasteiger partial charge in [-0.25, -0.2) is 4.98 Å². The number of rotatable bonds is 8. The summed E-state index contributed by atoms with van der Waals surface area (Å²) in [6, 6.07) is 7.26. The minimum atomic E-state index is -1.03. The van der Waals surface area contributed by atoms with E-state index in [0.717, 1.165) is 0 Å². The molecule has 0 saturated carbocycles. The van der Waals surface area contributed by atoms with Gasteiger partial charge in [-0.05, 0) is 39.3 Å². The average Bonchev–Trinajstić information content (AvgIpc) is 3.38. The second-order valence-electron chi connectivity index (χ2n) is 7.11. The quantitative estimate of drug-likeness (QED) is 0.628. The highest BCUT2D eigenvalue weighted by atomic mass is 16.4. The van der Waals surface area contributed by atoms with Crippen LogP contribution in [0.5, 0.6) is 0 Å². The minimum Gasteiger partial charge on any atom is -0.446 e. The third-order valence-corrected chi connectivity index (χ3v) is 5.07. The van der Waals surface area contributed by atoms with Crippen molar-refractivity contribution in [3.05, 3.63) is 59.6 Å².